The average Bonchev–Trinajstić information content (AvgIpc) is 3.61. The van der Waals surface area contributed by atoms with E-state index in [0.717, 1.165) is 56.3 Å². The second kappa shape index (κ2) is 14.9. The lowest BCUT2D eigenvalue weighted by atomic mass is 9.90. The lowest BCUT2D eigenvalue weighted by Gasteiger charge is -2.19. The molecule has 0 aliphatic rings. The van der Waals surface area contributed by atoms with Gasteiger partial charge in [-0.3, -0.25) is 0 Å². The molecule has 1 heterocycles. The highest BCUT2D eigenvalue weighted by Crippen LogP contribution is 2.43. The van der Waals surface area contributed by atoms with E-state index in [1.54, 1.807) is 0 Å². The Hall–Kier alpha value is -7.62. The molecule has 3 heteroatoms. The lowest BCUT2D eigenvalue weighted by molar-refractivity contribution is 1.18. The second-order valence-electron chi connectivity index (χ2n) is 14.3. The highest BCUT2D eigenvalue weighted by Gasteiger charge is 2.18. The number of fused-ring (bicyclic) bond motifs is 3. The van der Waals surface area contributed by atoms with Crippen molar-refractivity contribution in [3.05, 3.63) is 224 Å². The van der Waals surface area contributed by atoms with Gasteiger partial charge >= 0.3 is 0 Å². The minimum absolute atomic E-state index is 1.04. The summed E-state index contributed by atoms with van der Waals surface area (Å²) in [5, 5.41) is 9.89. The minimum Gasteiger partial charge on any atom is -0.355 e. The van der Waals surface area contributed by atoms with Gasteiger partial charge in [0.05, 0.1) is 11.0 Å². The largest absolute Gasteiger partial charge is 0.355 e. The third-order valence-corrected chi connectivity index (χ3v) is 10.8. The average molecular weight is 730 g/mol. The normalized spacial score (nSPS) is 11.2. The van der Waals surface area contributed by atoms with Crippen LogP contribution in [0.15, 0.2) is 224 Å². The van der Waals surface area contributed by atoms with Crippen molar-refractivity contribution in [3.8, 4) is 50.2 Å². The Morgan fingerprint density at radius 2 is 0.754 bits per heavy atom. The number of para-hydroxylation sites is 4. The van der Waals surface area contributed by atoms with Crippen LogP contribution in [0.4, 0.5) is 22.7 Å². The van der Waals surface area contributed by atoms with Crippen molar-refractivity contribution in [3.63, 3.8) is 0 Å². The van der Waals surface area contributed by atoms with Crippen LogP contribution >= 0.6 is 0 Å². The maximum absolute atomic E-state index is 3.75. The highest BCUT2D eigenvalue weighted by molar-refractivity contribution is 6.10. The number of benzene rings is 9. The Bertz CT molecular complexity index is 2980. The first-order chi connectivity index (χ1) is 28.3. The standard InChI is InChI=1S/C54H39N3/c1-4-16-38(17-5-1)39-28-32-44(33-29-39)57-53-27-15-13-25-48(53)50-37-41(31-35-54(50)57)40-30-34-52(56-43-20-8-3-9-21-43)49(36-40)46-23-11-10-22-45(46)47-24-12-14-26-51(47)55-42-18-6-2-7-19-42/h1-37,55-56H. The highest BCUT2D eigenvalue weighted by atomic mass is 15.0. The maximum Gasteiger partial charge on any atom is 0.0541 e. The number of rotatable bonds is 9. The summed E-state index contributed by atoms with van der Waals surface area (Å²) in [6.07, 6.45) is 0. The number of nitrogens with one attached hydrogen (secondary N) is 2. The molecule has 0 spiro atoms. The molecule has 10 aromatic rings. The molecule has 0 aliphatic heterocycles. The molecular formula is C54H39N3. The van der Waals surface area contributed by atoms with E-state index in [1.807, 2.05) is 12.1 Å². The van der Waals surface area contributed by atoms with E-state index < -0.39 is 0 Å². The molecule has 0 radical (unpaired) electrons. The van der Waals surface area contributed by atoms with Crippen LogP contribution in [0, 0.1) is 0 Å². The third-order valence-electron chi connectivity index (χ3n) is 10.8. The first-order valence-electron chi connectivity index (χ1n) is 19.4. The van der Waals surface area contributed by atoms with Crippen LogP contribution in [-0.4, -0.2) is 4.57 Å². The van der Waals surface area contributed by atoms with Gasteiger partial charge in [-0.1, -0.05) is 152 Å². The number of aromatic nitrogens is 1. The molecule has 0 atom stereocenters. The first-order valence-corrected chi connectivity index (χ1v) is 19.4. The monoisotopic (exact) mass is 729 g/mol. The Kier molecular flexibility index (Phi) is 8.86. The summed E-state index contributed by atoms with van der Waals surface area (Å²) in [6, 6.07) is 80.0. The van der Waals surface area contributed by atoms with Crippen molar-refractivity contribution in [1.82, 2.24) is 4.57 Å². The maximum atomic E-state index is 3.75. The van der Waals surface area contributed by atoms with E-state index in [1.165, 1.54) is 38.5 Å². The summed E-state index contributed by atoms with van der Waals surface area (Å²) in [5.74, 6) is 0. The molecule has 0 aliphatic carbocycles. The zero-order valence-corrected chi connectivity index (χ0v) is 31.3. The first kappa shape index (κ1) is 33.9. The molecular weight excluding hydrogens is 691 g/mol. The second-order valence-corrected chi connectivity index (χ2v) is 14.3. The molecule has 3 nitrogen and oxygen atoms in total. The summed E-state index contributed by atoms with van der Waals surface area (Å²) in [7, 11) is 0. The van der Waals surface area contributed by atoms with Crippen molar-refractivity contribution in [2.45, 2.75) is 0 Å². The van der Waals surface area contributed by atoms with Gasteiger partial charge < -0.3 is 15.2 Å². The van der Waals surface area contributed by atoms with Crippen molar-refractivity contribution in [2.75, 3.05) is 10.6 Å². The molecule has 0 saturated carbocycles. The van der Waals surface area contributed by atoms with Gasteiger partial charge in [0.15, 0.2) is 0 Å². The van der Waals surface area contributed by atoms with Crippen molar-refractivity contribution in [2.24, 2.45) is 0 Å². The molecule has 0 unspecified atom stereocenters. The van der Waals surface area contributed by atoms with E-state index in [-0.39, 0.29) is 0 Å². The lowest BCUT2D eigenvalue weighted by Crippen LogP contribution is -1.97. The van der Waals surface area contributed by atoms with Gasteiger partial charge in [0.2, 0.25) is 0 Å². The number of hydrogen-bond donors (Lipinski definition) is 2. The van der Waals surface area contributed by atoms with Gasteiger partial charge in [-0.25, -0.2) is 0 Å². The van der Waals surface area contributed by atoms with E-state index in [0.29, 0.717) is 0 Å². The predicted octanol–water partition coefficient (Wildman–Crippen LogP) is 14.9. The van der Waals surface area contributed by atoms with Gasteiger partial charge in [-0.2, -0.15) is 0 Å². The summed E-state index contributed by atoms with van der Waals surface area (Å²) < 4.78 is 2.39. The molecule has 270 valence electrons. The van der Waals surface area contributed by atoms with Gasteiger partial charge in [0.1, 0.15) is 0 Å². The SMILES string of the molecule is c1ccc(Nc2ccccc2-c2ccccc2-c2cc(-c3ccc4c(c3)c3ccccc3n4-c3ccc(-c4ccccc4)cc3)ccc2Nc2ccccc2)cc1. The Balaban J connectivity index is 1.10. The quantitative estimate of drug-likeness (QED) is 0.155. The van der Waals surface area contributed by atoms with Crippen LogP contribution in [0.3, 0.4) is 0 Å². The minimum atomic E-state index is 1.04. The van der Waals surface area contributed by atoms with E-state index in [4.69, 9.17) is 0 Å². The molecule has 1 aromatic heterocycles. The Labute approximate surface area is 333 Å². The fourth-order valence-corrected chi connectivity index (χ4v) is 8.05. The van der Waals surface area contributed by atoms with Crippen LogP contribution in [0.25, 0.3) is 72.0 Å². The summed E-state index contributed by atoms with van der Waals surface area (Å²) in [6.45, 7) is 0. The number of anilines is 4. The molecule has 0 saturated heterocycles. The summed E-state index contributed by atoms with van der Waals surface area (Å²) >= 11 is 0. The van der Waals surface area contributed by atoms with E-state index >= 15 is 0 Å². The zero-order chi connectivity index (χ0) is 38.0. The molecule has 0 amide bonds. The molecule has 9 aromatic carbocycles. The molecule has 0 bridgehead atoms. The number of nitrogens with zero attached hydrogens (tertiary/aromatic N) is 1. The van der Waals surface area contributed by atoms with E-state index in [2.05, 4.69) is 228 Å². The van der Waals surface area contributed by atoms with Gasteiger partial charge in [0, 0.05) is 50.3 Å². The van der Waals surface area contributed by atoms with Crippen LogP contribution in [0.1, 0.15) is 0 Å². The van der Waals surface area contributed by atoms with Crippen molar-refractivity contribution in [1.29, 1.82) is 0 Å². The van der Waals surface area contributed by atoms with Crippen LogP contribution in [-0.2, 0) is 0 Å². The summed E-state index contributed by atoms with van der Waals surface area (Å²) in [4.78, 5) is 0. The van der Waals surface area contributed by atoms with Gasteiger partial charge in [-0.15, -0.1) is 0 Å². The van der Waals surface area contributed by atoms with Gasteiger partial charge in [0.25, 0.3) is 0 Å². The van der Waals surface area contributed by atoms with Gasteiger partial charge in [-0.05, 0) is 106 Å². The van der Waals surface area contributed by atoms with E-state index in [9.17, 15) is 0 Å². The number of hydrogen-bond acceptors (Lipinski definition) is 2. The molecule has 10 rings (SSSR count). The molecule has 2 N–H and O–H groups in total. The molecule has 0 fully saturated rings. The predicted molar refractivity (Wildman–Crippen MR) is 242 cm³/mol. The van der Waals surface area contributed by atoms with Crippen molar-refractivity contribution >= 4 is 44.6 Å². The third kappa shape index (κ3) is 6.62. The fourth-order valence-electron chi connectivity index (χ4n) is 8.05. The topological polar surface area (TPSA) is 29.0 Å². The summed E-state index contributed by atoms with van der Waals surface area (Å²) in [5.41, 5.74) is 17.0. The van der Waals surface area contributed by atoms with Crippen LogP contribution in [0.5, 0.6) is 0 Å². The smallest absolute Gasteiger partial charge is 0.0541 e. The Morgan fingerprint density at radius 1 is 0.281 bits per heavy atom. The molecule has 57 heavy (non-hydrogen) atoms. The zero-order valence-electron chi connectivity index (χ0n) is 31.3. The van der Waals surface area contributed by atoms with Crippen LogP contribution < -0.4 is 10.6 Å². The van der Waals surface area contributed by atoms with Crippen molar-refractivity contribution < 1.29 is 0 Å². The Morgan fingerprint density at radius 3 is 1.46 bits per heavy atom. The van der Waals surface area contributed by atoms with Crippen LogP contribution in [0.2, 0.25) is 0 Å². The fraction of sp³-hybridized carbons (Fsp3) is 0.